The highest BCUT2D eigenvalue weighted by Gasteiger charge is 2.45. The van der Waals surface area contributed by atoms with Crippen LogP contribution in [0.3, 0.4) is 0 Å². The van der Waals surface area contributed by atoms with E-state index in [4.69, 9.17) is 24.7 Å². The monoisotopic (exact) mass is 1050 g/mol. The Balaban J connectivity index is 0.653. The third kappa shape index (κ3) is 13.6. The van der Waals surface area contributed by atoms with E-state index in [2.05, 4.69) is 36.3 Å². The highest BCUT2D eigenvalue weighted by Crippen LogP contribution is 2.35. The Kier molecular flexibility index (Phi) is 17.9. The maximum Gasteiger partial charge on any atom is 0.264 e. The molecule has 4 heterocycles. The van der Waals surface area contributed by atoms with E-state index in [1.54, 1.807) is 42.5 Å². The highest BCUT2D eigenvalue weighted by atomic mass is 32.2. The number of fused-ring (bicyclic) bond motifs is 2. The van der Waals surface area contributed by atoms with Gasteiger partial charge in [0.1, 0.15) is 17.7 Å². The number of imide groups is 2. The molecule has 1 atom stereocenters. The zero-order valence-electron chi connectivity index (χ0n) is 40.7. The first-order chi connectivity index (χ1) is 36.3. The number of benzene rings is 4. The number of hydrogen-bond donors (Lipinski definition) is 7. The molecular formula is C52H56FN9O12S. The van der Waals surface area contributed by atoms with Crippen molar-refractivity contribution in [2.75, 3.05) is 100 Å². The third-order valence-corrected chi connectivity index (χ3v) is 13.7. The lowest BCUT2D eigenvalue weighted by Gasteiger charge is -2.27. The zero-order chi connectivity index (χ0) is 52.9. The van der Waals surface area contributed by atoms with Crippen LogP contribution >= 0.6 is 0 Å². The summed E-state index contributed by atoms with van der Waals surface area (Å²) in [6, 6.07) is 20.5. The third-order valence-electron chi connectivity index (χ3n) is 12.3. The van der Waals surface area contributed by atoms with E-state index in [9.17, 15) is 37.2 Å². The van der Waals surface area contributed by atoms with Crippen molar-refractivity contribution in [3.05, 3.63) is 119 Å². The van der Waals surface area contributed by atoms with Crippen molar-refractivity contribution in [2.45, 2.75) is 36.6 Å². The number of rotatable bonds is 26. The molecule has 4 aromatic carbocycles. The number of anilines is 4. The Morgan fingerprint density at radius 2 is 1.44 bits per heavy atom. The molecule has 0 saturated carbocycles. The lowest BCUT2D eigenvalue weighted by molar-refractivity contribution is -0.136. The van der Waals surface area contributed by atoms with Crippen molar-refractivity contribution in [3.63, 3.8) is 0 Å². The largest absolute Gasteiger partial charge is 0.383 e. The van der Waals surface area contributed by atoms with Crippen molar-refractivity contribution in [1.82, 2.24) is 25.8 Å². The molecule has 1 aromatic heterocycles. The van der Waals surface area contributed by atoms with Crippen LogP contribution in [0.1, 0.15) is 55.9 Å². The Morgan fingerprint density at radius 3 is 2.19 bits per heavy atom. The molecule has 8 rings (SSSR count). The van der Waals surface area contributed by atoms with Crippen LogP contribution in [0.4, 0.5) is 27.3 Å². The van der Waals surface area contributed by atoms with Crippen molar-refractivity contribution in [3.8, 4) is 22.3 Å². The summed E-state index contributed by atoms with van der Waals surface area (Å²) >= 11 is 0. The summed E-state index contributed by atoms with van der Waals surface area (Å²) in [7, 11) is -4.24. The Labute approximate surface area is 431 Å². The van der Waals surface area contributed by atoms with E-state index in [1.807, 2.05) is 6.07 Å². The first-order valence-electron chi connectivity index (χ1n) is 24.3. The number of nitrogens with one attached hydrogen (secondary N) is 6. The van der Waals surface area contributed by atoms with Crippen molar-refractivity contribution >= 4 is 68.3 Å². The molecule has 394 valence electrons. The van der Waals surface area contributed by atoms with Gasteiger partial charge in [-0.3, -0.25) is 43.7 Å². The predicted octanol–water partition coefficient (Wildman–Crippen LogP) is 3.72. The summed E-state index contributed by atoms with van der Waals surface area (Å²) in [4.78, 5) is 79.9. The van der Waals surface area contributed by atoms with Gasteiger partial charge in [-0.15, -0.1) is 0 Å². The number of carbonyl (C=O) groups is 6. The number of halogens is 1. The van der Waals surface area contributed by atoms with E-state index < -0.39 is 45.5 Å². The SMILES string of the molecule is Nc1ncc(-c2ccc(S(=O)(=O)Nc3cccc(NC(=O)CCNCCOCCOCCOCCOCCNc4cccc5c4C(=O)N(C4CCC(=O)NC4=O)C5=O)c3)cc2F)cc1-c1ccc2c(c1)CCNC2=O. The number of piperidine rings is 1. The second kappa shape index (κ2) is 25.0. The number of amides is 6. The normalized spacial score (nSPS) is 15.3. The summed E-state index contributed by atoms with van der Waals surface area (Å²) in [6.07, 6.45) is 2.32. The van der Waals surface area contributed by atoms with Gasteiger partial charge in [-0.2, -0.15) is 0 Å². The van der Waals surface area contributed by atoms with Gasteiger partial charge in [0.15, 0.2) is 0 Å². The van der Waals surface area contributed by atoms with E-state index in [0.29, 0.717) is 119 Å². The molecule has 1 unspecified atom stereocenters. The molecule has 1 saturated heterocycles. The van der Waals surface area contributed by atoms with E-state index in [-0.39, 0.29) is 64.2 Å². The summed E-state index contributed by atoms with van der Waals surface area (Å²) in [6.45, 7) is 4.51. The van der Waals surface area contributed by atoms with Crippen LogP contribution in [-0.4, -0.2) is 139 Å². The molecule has 5 aromatic rings. The molecule has 1 fully saturated rings. The second-order valence-corrected chi connectivity index (χ2v) is 19.1. The van der Waals surface area contributed by atoms with Crippen molar-refractivity contribution in [2.24, 2.45) is 0 Å². The number of carbonyl (C=O) groups excluding carboxylic acids is 6. The Bertz CT molecular complexity index is 3090. The average molecular weight is 1050 g/mol. The average Bonchev–Trinajstić information content (AvgIpc) is 3.64. The van der Waals surface area contributed by atoms with Crippen LogP contribution in [-0.2, 0) is 49.8 Å². The predicted molar refractivity (Wildman–Crippen MR) is 274 cm³/mol. The van der Waals surface area contributed by atoms with E-state index in [0.717, 1.165) is 16.5 Å². The molecule has 21 nitrogen and oxygen atoms in total. The topological polar surface area (TPSA) is 288 Å². The van der Waals surface area contributed by atoms with Gasteiger partial charge in [0.25, 0.3) is 27.7 Å². The van der Waals surface area contributed by atoms with Gasteiger partial charge in [-0.25, -0.2) is 17.8 Å². The van der Waals surface area contributed by atoms with Gasteiger partial charge < -0.3 is 45.9 Å². The lowest BCUT2D eigenvalue weighted by Crippen LogP contribution is -2.54. The minimum Gasteiger partial charge on any atom is -0.383 e. The van der Waals surface area contributed by atoms with Crippen LogP contribution in [0.25, 0.3) is 22.3 Å². The number of nitrogens with two attached hydrogens (primary N) is 1. The van der Waals surface area contributed by atoms with Crippen LogP contribution in [0.2, 0.25) is 0 Å². The van der Waals surface area contributed by atoms with E-state index in [1.165, 1.54) is 36.5 Å². The minimum absolute atomic E-state index is 0.0423. The van der Waals surface area contributed by atoms with E-state index >= 15 is 4.39 Å². The van der Waals surface area contributed by atoms with Gasteiger partial charge in [0.05, 0.1) is 74.6 Å². The molecule has 3 aliphatic heterocycles. The van der Waals surface area contributed by atoms with Gasteiger partial charge in [0.2, 0.25) is 17.7 Å². The molecular weight excluding hydrogens is 994 g/mol. The maximum absolute atomic E-state index is 15.6. The number of aromatic nitrogens is 1. The molecule has 8 N–H and O–H groups in total. The molecule has 75 heavy (non-hydrogen) atoms. The van der Waals surface area contributed by atoms with Gasteiger partial charge in [0, 0.05) is 78.8 Å². The fourth-order valence-corrected chi connectivity index (χ4v) is 9.66. The van der Waals surface area contributed by atoms with Gasteiger partial charge in [-0.1, -0.05) is 30.3 Å². The molecule has 0 aliphatic carbocycles. The summed E-state index contributed by atoms with van der Waals surface area (Å²) < 4.78 is 67.1. The van der Waals surface area contributed by atoms with Crippen LogP contribution in [0.15, 0.2) is 96.0 Å². The molecule has 0 bridgehead atoms. The number of nitrogens with zero attached hydrogens (tertiary/aromatic N) is 2. The van der Waals surface area contributed by atoms with Crippen LogP contribution in [0, 0.1) is 5.82 Å². The molecule has 23 heteroatoms. The molecule has 6 amide bonds. The summed E-state index contributed by atoms with van der Waals surface area (Å²) in [5, 5.41) is 14.0. The zero-order valence-corrected chi connectivity index (χ0v) is 41.5. The summed E-state index contributed by atoms with van der Waals surface area (Å²) in [5.41, 5.74) is 10.7. The highest BCUT2D eigenvalue weighted by molar-refractivity contribution is 7.92. The van der Waals surface area contributed by atoms with Gasteiger partial charge in [-0.05, 0) is 78.6 Å². The molecule has 0 spiro atoms. The number of nitrogen functional groups attached to an aromatic ring is 1. The second-order valence-electron chi connectivity index (χ2n) is 17.5. The standard InChI is InChI=1S/C52H56FN9O12S/c53-42-30-37(8-10-38(42)34-28-41(48(54)58-31-34)32-7-9-39-33(27-32)13-16-57-49(39)65)75(69,70)61-36-4-1-3-35(29-36)59-46(64)14-15-55-17-19-71-21-23-73-25-26-74-24-22-72-20-18-56-43-6-2-5-40-47(43)52(68)62(51(40)67)44-11-12-45(63)60-50(44)66/h1-10,27-31,44,55-56,61H,11-26H2,(H2,54,58)(H,57,65)(H,59,64)(H,60,63,66). The number of pyridine rings is 1. The smallest absolute Gasteiger partial charge is 0.264 e. The first kappa shape index (κ1) is 53.6. The minimum atomic E-state index is -4.24. The Hall–Kier alpha value is -7.67. The summed E-state index contributed by atoms with van der Waals surface area (Å²) in [5.74, 6) is -3.29. The Morgan fingerprint density at radius 1 is 0.733 bits per heavy atom. The maximum atomic E-state index is 15.6. The lowest BCUT2D eigenvalue weighted by atomic mass is 9.94. The van der Waals surface area contributed by atoms with Crippen molar-refractivity contribution < 1.29 is 60.5 Å². The van der Waals surface area contributed by atoms with Crippen molar-refractivity contribution in [1.29, 1.82) is 0 Å². The molecule has 3 aliphatic rings. The fraction of sp³-hybridized carbons (Fsp3) is 0.327. The fourth-order valence-electron chi connectivity index (χ4n) is 8.60. The number of hydrogen-bond acceptors (Lipinski definition) is 16. The quantitative estimate of drug-likeness (QED) is 0.0307. The molecule has 0 radical (unpaired) electrons. The number of ether oxygens (including phenoxy) is 4. The van der Waals surface area contributed by atoms with Gasteiger partial charge >= 0.3 is 0 Å². The van der Waals surface area contributed by atoms with Crippen LogP contribution < -0.4 is 37.0 Å². The number of sulfonamides is 1. The van der Waals surface area contributed by atoms with Crippen LogP contribution in [0.5, 0.6) is 0 Å². The first-order valence-corrected chi connectivity index (χ1v) is 25.8.